The first-order valence-corrected chi connectivity index (χ1v) is 10.9. The third kappa shape index (κ3) is 3.90. The van der Waals surface area contributed by atoms with E-state index in [4.69, 9.17) is 16.3 Å². The topological polar surface area (TPSA) is 71.1 Å². The van der Waals surface area contributed by atoms with E-state index in [9.17, 15) is 9.59 Å². The second kappa shape index (κ2) is 8.68. The van der Waals surface area contributed by atoms with Crippen molar-refractivity contribution in [3.8, 4) is 6.01 Å². The summed E-state index contributed by atoms with van der Waals surface area (Å²) in [6, 6.07) is 7.86. The lowest BCUT2D eigenvalue weighted by Crippen LogP contribution is -2.39. The molecule has 0 amide bonds. The van der Waals surface area contributed by atoms with Crippen molar-refractivity contribution in [3.05, 3.63) is 55.7 Å². The van der Waals surface area contributed by atoms with Crippen LogP contribution in [-0.4, -0.2) is 25.3 Å². The summed E-state index contributed by atoms with van der Waals surface area (Å²) in [5.74, 6) is 0.509. The molecule has 0 aliphatic heterocycles. The Morgan fingerprint density at radius 2 is 1.83 bits per heavy atom. The maximum atomic E-state index is 13.2. The average Bonchev–Trinajstić information content (AvgIpc) is 3.38. The first kappa shape index (κ1) is 20.7. The predicted molar refractivity (Wildman–Crippen MR) is 118 cm³/mol. The van der Waals surface area contributed by atoms with Crippen LogP contribution >= 0.6 is 11.6 Å². The van der Waals surface area contributed by atoms with Crippen LogP contribution in [0.4, 0.5) is 0 Å². The minimum absolute atomic E-state index is 0.327. The van der Waals surface area contributed by atoms with Crippen molar-refractivity contribution >= 4 is 22.8 Å². The van der Waals surface area contributed by atoms with Gasteiger partial charge >= 0.3 is 5.69 Å². The van der Waals surface area contributed by atoms with Crippen LogP contribution < -0.4 is 16.0 Å². The molecule has 2 heterocycles. The number of hydrogen-bond acceptors (Lipinski definition) is 4. The minimum atomic E-state index is -0.354. The molecule has 0 bridgehead atoms. The number of rotatable bonds is 7. The van der Waals surface area contributed by atoms with Gasteiger partial charge in [0.1, 0.15) is 0 Å². The van der Waals surface area contributed by atoms with Crippen LogP contribution in [0.1, 0.15) is 44.6 Å². The van der Waals surface area contributed by atoms with Gasteiger partial charge in [0.05, 0.1) is 13.2 Å². The first-order chi connectivity index (χ1) is 14.5. The Morgan fingerprint density at radius 1 is 1.13 bits per heavy atom. The van der Waals surface area contributed by atoms with Crippen LogP contribution in [0, 0.1) is 5.92 Å². The van der Waals surface area contributed by atoms with E-state index in [2.05, 4.69) is 4.98 Å². The van der Waals surface area contributed by atoms with Crippen LogP contribution in [0.3, 0.4) is 0 Å². The quantitative estimate of drug-likeness (QED) is 0.574. The maximum Gasteiger partial charge on any atom is 0.332 e. The molecule has 1 saturated carbocycles. The molecule has 0 saturated heterocycles. The van der Waals surface area contributed by atoms with E-state index in [1.54, 1.807) is 11.6 Å². The van der Waals surface area contributed by atoms with Crippen molar-refractivity contribution in [1.29, 1.82) is 0 Å². The van der Waals surface area contributed by atoms with Gasteiger partial charge in [0.2, 0.25) is 0 Å². The van der Waals surface area contributed by atoms with Crippen molar-refractivity contribution in [2.24, 2.45) is 13.0 Å². The Balaban J connectivity index is 1.84. The molecule has 0 radical (unpaired) electrons. The highest BCUT2D eigenvalue weighted by Crippen LogP contribution is 2.27. The van der Waals surface area contributed by atoms with Gasteiger partial charge in [-0.15, -0.1) is 0 Å². The van der Waals surface area contributed by atoms with Gasteiger partial charge in [0.25, 0.3) is 11.6 Å². The molecule has 0 N–H and O–H groups in total. The fraction of sp³-hybridized carbons (Fsp3) is 0.500. The van der Waals surface area contributed by atoms with E-state index in [0.29, 0.717) is 54.2 Å². The highest BCUT2D eigenvalue weighted by Gasteiger charge is 2.23. The van der Waals surface area contributed by atoms with Crippen LogP contribution in [0.15, 0.2) is 33.9 Å². The summed E-state index contributed by atoms with van der Waals surface area (Å²) >= 11 is 6.03. The molecule has 8 heteroatoms. The van der Waals surface area contributed by atoms with Crippen molar-refractivity contribution in [3.63, 3.8) is 0 Å². The number of aromatic nitrogens is 4. The standard InChI is InChI=1S/C22H27ClN4O3/c1-3-12-26-20(28)18-19(25(2)22(26)29)24-21(30-14-16-6-4-5-7-16)27(18)13-15-8-10-17(23)11-9-15/h8-11,16H,3-7,12-14H2,1-2H3. The molecular formula is C22H27ClN4O3. The second-order valence-corrected chi connectivity index (χ2v) is 8.48. The molecule has 4 rings (SSSR count). The van der Waals surface area contributed by atoms with Crippen LogP contribution in [0.5, 0.6) is 6.01 Å². The summed E-state index contributed by atoms with van der Waals surface area (Å²) in [7, 11) is 1.65. The number of nitrogens with zero attached hydrogens (tertiary/aromatic N) is 4. The number of imidazole rings is 1. The molecule has 1 fully saturated rings. The molecule has 1 aliphatic rings. The normalized spacial score (nSPS) is 14.6. The fourth-order valence-electron chi connectivity index (χ4n) is 4.17. The summed E-state index contributed by atoms with van der Waals surface area (Å²) in [6.45, 7) is 3.29. The Kier molecular flexibility index (Phi) is 5.99. The van der Waals surface area contributed by atoms with E-state index in [1.165, 1.54) is 22.0 Å². The van der Waals surface area contributed by atoms with Gasteiger partial charge in [-0.1, -0.05) is 43.5 Å². The van der Waals surface area contributed by atoms with Crippen molar-refractivity contribution in [1.82, 2.24) is 18.7 Å². The first-order valence-electron chi connectivity index (χ1n) is 10.6. The largest absolute Gasteiger partial charge is 0.464 e. The molecule has 1 aromatic carbocycles. The summed E-state index contributed by atoms with van der Waals surface area (Å²) in [5.41, 5.74) is 1.04. The summed E-state index contributed by atoms with van der Waals surface area (Å²) < 4.78 is 10.6. The maximum absolute atomic E-state index is 13.2. The van der Waals surface area contributed by atoms with E-state index in [1.807, 2.05) is 31.2 Å². The fourth-order valence-corrected chi connectivity index (χ4v) is 4.30. The lowest BCUT2D eigenvalue weighted by atomic mass is 10.1. The Bertz CT molecular complexity index is 1150. The monoisotopic (exact) mass is 430 g/mol. The zero-order chi connectivity index (χ0) is 21.3. The van der Waals surface area contributed by atoms with Gasteiger partial charge in [-0.2, -0.15) is 4.98 Å². The van der Waals surface area contributed by atoms with Gasteiger partial charge in [0, 0.05) is 18.6 Å². The predicted octanol–water partition coefficient (Wildman–Crippen LogP) is 3.58. The van der Waals surface area contributed by atoms with E-state index >= 15 is 0 Å². The number of ether oxygens (including phenoxy) is 1. The van der Waals surface area contributed by atoms with E-state index < -0.39 is 0 Å². The molecule has 7 nitrogen and oxygen atoms in total. The number of benzene rings is 1. The molecule has 1 aliphatic carbocycles. The van der Waals surface area contributed by atoms with Crippen LogP contribution in [0.2, 0.25) is 5.02 Å². The molecule has 0 unspecified atom stereocenters. The summed E-state index contributed by atoms with van der Waals surface area (Å²) in [4.78, 5) is 30.5. The van der Waals surface area contributed by atoms with Gasteiger partial charge in [-0.3, -0.25) is 18.5 Å². The van der Waals surface area contributed by atoms with Gasteiger partial charge in [0.15, 0.2) is 11.2 Å². The van der Waals surface area contributed by atoms with E-state index in [0.717, 1.165) is 18.4 Å². The molecule has 2 aromatic heterocycles. The molecule has 0 spiro atoms. The zero-order valence-electron chi connectivity index (χ0n) is 17.4. The third-order valence-electron chi connectivity index (χ3n) is 5.82. The van der Waals surface area contributed by atoms with Gasteiger partial charge in [-0.25, -0.2) is 4.79 Å². The number of aryl methyl sites for hydroxylation is 1. The summed E-state index contributed by atoms with van der Waals surface area (Å²) in [6.07, 6.45) is 5.45. The molecule has 30 heavy (non-hydrogen) atoms. The lowest BCUT2D eigenvalue weighted by Gasteiger charge is -2.13. The Hall–Kier alpha value is -2.54. The molecule has 0 atom stereocenters. The smallest absolute Gasteiger partial charge is 0.332 e. The minimum Gasteiger partial charge on any atom is -0.464 e. The van der Waals surface area contributed by atoms with Crippen LogP contribution in [-0.2, 0) is 20.1 Å². The molecular weight excluding hydrogens is 404 g/mol. The van der Waals surface area contributed by atoms with Crippen molar-refractivity contribution < 1.29 is 4.74 Å². The molecule has 160 valence electrons. The second-order valence-electron chi connectivity index (χ2n) is 8.04. The summed E-state index contributed by atoms with van der Waals surface area (Å²) in [5, 5.41) is 0.652. The SMILES string of the molecule is CCCn1c(=O)c2c(nc(OCC3CCCC3)n2Cc2ccc(Cl)cc2)n(C)c1=O. The number of fused-ring (bicyclic) bond motifs is 1. The van der Waals surface area contributed by atoms with Crippen molar-refractivity contribution in [2.45, 2.75) is 52.1 Å². The van der Waals surface area contributed by atoms with Crippen molar-refractivity contribution in [2.75, 3.05) is 6.61 Å². The van der Waals surface area contributed by atoms with E-state index in [-0.39, 0.29) is 11.2 Å². The van der Waals surface area contributed by atoms with Gasteiger partial charge in [-0.05, 0) is 42.9 Å². The Morgan fingerprint density at radius 3 is 2.50 bits per heavy atom. The average molecular weight is 431 g/mol. The lowest BCUT2D eigenvalue weighted by molar-refractivity contribution is 0.227. The number of hydrogen-bond donors (Lipinski definition) is 0. The number of halogens is 1. The Labute approximate surface area is 179 Å². The van der Waals surface area contributed by atoms with Gasteiger partial charge < -0.3 is 4.74 Å². The highest BCUT2D eigenvalue weighted by atomic mass is 35.5. The zero-order valence-corrected chi connectivity index (χ0v) is 18.2. The molecule has 3 aromatic rings. The third-order valence-corrected chi connectivity index (χ3v) is 6.07. The highest BCUT2D eigenvalue weighted by molar-refractivity contribution is 6.30. The van der Waals surface area contributed by atoms with Crippen LogP contribution in [0.25, 0.3) is 11.2 Å².